The van der Waals surface area contributed by atoms with E-state index in [2.05, 4.69) is 10.6 Å². The normalized spacial score (nSPS) is 19.6. The van der Waals surface area contributed by atoms with E-state index in [9.17, 15) is 19.2 Å². The van der Waals surface area contributed by atoms with Crippen molar-refractivity contribution in [1.29, 1.82) is 0 Å². The summed E-state index contributed by atoms with van der Waals surface area (Å²) in [5.74, 6) is -2.02. The number of imide groups is 2. The van der Waals surface area contributed by atoms with E-state index < -0.39 is 29.7 Å². The van der Waals surface area contributed by atoms with Gasteiger partial charge in [-0.2, -0.15) is 0 Å². The standard InChI is InChI=1S/C22H22N4O4/c23-11-17(14-4-2-1-3-5-14)24-12-13-6-7-15-16(10-13)22(30)26(21(15)29)18-8-9-19(27)25-20(18)28/h1-7,10,17-18,24H,8-9,11-12,23H2,(H,25,27,28)/t17-,18?/m0/s1. The predicted molar refractivity (Wildman–Crippen MR) is 108 cm³/mol. The molecule has 2 aliphatic rings. The van der Waals surface area contributed by atoms with Gasteiger partial charge in [0.2, 0.25) is 11.8 Å². The fraction of sp³-hybridized carbons (Fsp3) is 0.273. The van der Waals surface area contributed by atoms with Crippen LogP contribution in [0.2, 0.25) is 0 Å². The maximum Gasteiger partial charge on any atom is 0.262 e. The van der Waals surface area contributed by atoms with Crippen LogP contribution in [0.25, 0.3) is 0 Å². The Balaban J connectivity index is 1.50. The van der Waals surface area contributed by atoms with E-state index in [4.69, 9.17) is 5.73 Å². The first-order valence-electron chi connectivity index (χ1n) is 9.82. The summed E-state index contributed by atoms with van der Waals surface area (Å²) in [7, 11) is 0. The van der Waals surface area contributed by atoms with E-state index in [1.165, 1.54) is 0 Å². The molecule has 0 radical (unpaired) electrons. The van der Waals surface area contributed by atoms with Gasteiger partial charge in [0.25, 0.3) is 11.8 Å². The number of fused-ring (bicyclic) bond motifs is 1. The van der Waals surface area contributed by atoms with Crippen molar-refractivity contribution in [2.75, 3.05) is 6.54 Å². The number of nitrogens with one attached hydrogen (secondary N) is 2. The first-order chi connectivity index (χ1) is 14.5. The maximum absolute atomic E-state index is 12.9. The van der Waals surface area contributed by atoms with Crippen molar-refractivity contribution in [3.05, 3.63) is 70.8 Å². The van der Waals surface area contributed by atoms with E-state index in [0.717, 1.165) is 16.0 Å². The molecule has 0 saturated carbocycles. The Morgan fingerprint density at radius 3 is 2.47 bits per heavy atom. The molecular formula is C22H22N4O4. The number of carbonyl (C=O) groups is 4. The second kappa shape index (κ2) is 8.17. The molecule has 154 valence electrons. The van der Waals surface area contributed by atoms with Crippen molar-refractivity contribution in [2.24, 2.45) is 5.73 Å². The van der Waals surface area contributed by atoms with Gasteiger partial charge in [0.1, 0.15) is 6.04 Å². The van der Waals surface area contributed by atoms with Crippen LogP contribution in [0.4, 0.5) is 0 Å². The SMILES string of the molecule is NC[C@H](NCc1ccc2c(c1)C(=O)N(C1CCC(=O)NC1=O)C2=O)c1ccccc1. The second-order valence-electron chi connectivity index (χ2n) is 7.41. The molecule has 2 aromatic carbocycles. The van der Waals surface area contributed by atoms with Crippen LogP contribution in [-0.2, 0) is 16.1 Å². The van der Waals surface area contributed by atoms with Crippen LogP contribution in [0.5, 0.6) is 0 Å². The molecule has 4 N–H and O–H groups in total. The van der Waals surface area contributed by atoms with Crippen molar-refractivity contribution in [2.45, 2.75) is 31.5 Å². The quantitative estimate of drug-likeness (QED) is 0.612. The van der Waals surface area contributed by atoms with Gasteiger partial charge in [0.05, 0.1) is 11.1 Å². The Labute approximate surface area is 173 Å². The molecule has 0 aromatic heterocycles. The molecule has 2 atom stereocenters. The average Bonchev–Trinajstić information content (AvgIpc) is 2.99. The molecule has 30 heavy (non-hydrogen) atoms. The monoisotopic (exact) mass is 406 g/mol. The third-order valence-corrected chi connectivity index (χ3v) is 5.49. The predicted octanol–water partition coefficient (Wildman–Crippen LogP) is 0.877. The van der Waals surface area contributed by atoms with Crippen molar-refractivity contribution >= 4 is 23.6 Å². The Hall–Kier alpha value is -3.36. The van der Waals surface area contributed by atoms with Crippen LogP contribution in [-0.4, -0.2) is 41.1 Å². The van der Waals surface area contributed by atoms with Gasteiger partial charge >= 0.3 is 0 Å². The van der Waals surface area contributed by atoms with E-state index >= 15 is 0 Å². The summed E-state index contributed by atoms with van der Waals surface area (Å²) in [5.41, 5.74) is 8.33. The first kappa shape index (κ1) is 19.9. The second-order valence-corrected chi connectivity index (χ2v) is 7.41. The summed E-state index contributed by atoms with van der Waals surface area (Å²) >= 11 is 0. The molecule has 0 spiro atoms. The largest absolute Gasteiger partial charge is 0.329 e. The molecule has 8 heteroatoms. The number of nitrogens with zero attached hydrogens (tertiary/aromatic N) is 1. The third-order valence-electron chi connectivity index (χ3n) is 5.49. The summed E-state index contributed by atoms with van der Waals surface area (Å²) in [6.07, 6.45) is 0.235. The summed E-state index contributed by atoms with van der Waals surface area (Å²) in [6, 6.07) is 13.9. The molecule has 4 amide bonds. The van der Waals surface area contributed by atoms with Crippen LogP contribution in [0.15, 0.2) is 48.5 Å². The lowest BCUT2D eigenvalue weighted by Gasteiger charge is -2.27. The lowest BCUT2D eigenvalue weighted by atomic mass is 10.0. The molecule has 2 heterocycles. The van der Waals surface area contributed by atoms with Gasteiger partial charge in [-0.25, -0.2) is 0 Å². The van der Waals surface area contributed by atoms with Gasteiger partial charge < -0.3 is 11.1 Å². The highest BCUT2D eigenvalue weighted by Crippen LogP contribution is 2.28. The average molecular weight is 406 g/mol. The number of benzene rings is 2. The van der Waals surface area contributed by atoms with E-state index in [1.807, 2.05) is 30.3 Å². The molecule has 0 bridgehead atoms. The molecule has 0 aliphatic carbocycles. The lowest BCUT2D eigenvalue weighted by Crippen LogP contribution is -2.54. The molecular weight excluding hydrogens is 384 g/mol. The van der Waals surface area contributed by atoms with Crippen LogP contribution in [0.1, 0.15) is 50.7 Å². The Bertz CT molecular complexity index is 1020. The fourth-order valence-corrected chi connectivity index (χ4v) is 3.89. The van der Waals surface area contributed by atoms with Crippen LogP contribution >= 0.6 is 0 Å². The van der Waals surface area contributed by atoms with Gasteiger partial charge in [-0.1, -0.05) is 36.4 Å². The van der Waals surface area contributed by atoms with Crippen molar-refractivity contribution in [1.82, 2.24) is 15.5 Å². The number of nitrogens with two attached hydrogens (primary N) is 1. The molecule has 2 aliphatic heterocycles. The third kappa shape index (κ3) is 3.62. The number of rotatable bonds is 6. The Kier molecular flexibility index (Phi) is 5.43. The topological polar surface area (TPSA) is 122 Å². The smallest absolute Gasteiger partial charge is 0.262 e. The Morgan fingerprint density at radius 2 is 1.77 bits per heavy atom. The van der Waals surface area contributed by atoms with Gasteiger partial charge in [-0.05, 0) is 29.7 Å². The highest BCUT2D eigenvalue weighted by molar-refractivity contribution is 6.23. The minimum absolute atomic E-state index is 0.0447. The van der Waals surface area contributed by atoms with E-state index in [1.54, 1.807) is 18.2 Å². The maximum atomic E-state index is 12.9. The summed E-state index contributed by atoms with van der Waals surface area (Å²) < 4.78 is 0. The van der Waals surface area contributed by atoms with Crippen LogP contribution < -0.4 is 16.4 Å². The van der Waals surface area contributed by atoms with Crippen molar-refractivity contribution in [3.63, 3.8) is 0 Å². The molecule has 1 saturated heterocycles. The number of piperidine rings is 1. The fourth-order valence-electron chi connectivity index (χ4n) is 3.89. The van der Waals surface area contributed by atoms with Crippen LogP contribution in [0.3, 0.4) is 0 Å². The highest BCUT2D eigenvalue weighted by atomic mass is 16.2. The van der Waals surface area contributed by atoms with E-state index in [-0.39, 0.29) is 30.0 Å². The zero-order chi connectivity index (χ0) is 21.3. The number of carbonyl (C=O) groups excluding carboxylic acids is 4. The minimum Gasteiger partial charge on any atom is -0.329 e. The molecule has 1 fully saturated rings. The lowest BCUT2D eigenvalue weighted by molar-refractivity contribution is -0.136. The van der Waals surface area contributed by atoms with Gasteiger partial charge in [-0.15, -0.1) is 0 Å². The molecule has 4 rings (SSSR count). The van der Waals surface area contributed by atoms with Crippen molar-refractivity contribution < 1.29 is 19.2 Å². The molecule has 1 unspecified atom stereocenters. The van der Waals surface area contributed by atoms with Gasteiger partial charge in [0, 0.05) is 25.6 Å². The first-order valence-corrected chi connectivity index (χ1v) is 9.82. The molecule has 8 nitrogen and oxygen atoms in total. The zero-order valence-corrected chi connectivity index (χ0v) is 16.3. The number of hydrogen-bond acceptors (Lipinski definition) is 6. The summed E-state index contributed by atoms with van der Waals surface area (Å²) in [6.45, 7) is 0.875. The van der Waals surface area contributed by atoms with Crippen molar-refractivity contribution in [3.8, 4) is 0 Å². The minimum atomic E-state index is -0.962. The zero-order valence-electron chi connectivity index (χ0n) is 16.3. The summed E-state index contributed by atoms with van der Waals surface area (Å²) in [4.78, 5) is 50.1. The Morgan fingerprint density at radius 1 is 1.03 bits per heavy atom. The van der Waals surface area contributed by atoms with E-state index in [0.29, 0.717) is 13.1 Å². The van der Waals surface area contributed by atoms with Gasteiger partial charge in [0.15, 0.2) is 0 Å². The highest BCUT2D eigenvalue weighted by Gasteiger charge is 2.44. The summed E-state index contributed by atoms with van der Waals surface area (Å²) in [5, 5.41) is 5.56. The number of amides is 4. The van der Waals surface area contributed by atoms with Crippen LogP contribution in [0, 0.1) is 0 Å². The molecule has 2 aromatic rings. The number of hydrogen-bond donors (Lipinski definition) is 3. The van der Waals surface area contributed by atoms with Gasteiger partial charge in [-0.3, -0.25) is 29.4 Å².